The van der Waals surface area contributed by atoms with Crippen molar-refractivity contribution in [3.8, 4) is 0 Å². The monoisotopic (exact) mass is 312 g/mol. The summed E-state index contributed by atoms with van der Waals surface area (Å²) in [5.74, 6) is 0. The topological polar surface area (TPSA) is 111 Å². The van der Waals surface area contributed by atoms with Crippen molar-refractivity contribution in [1.29, 1.82) is 0 Å². The van der Waals surface area contributed by atoms with Gasteiger partial charge in [-0.1, -0.05) is 21.3 Å². The largest absolute Gasteiger partial charge is 0.448 e. The zero-order valence-electron chi connectivity index (χ0n) is 11.3. The standard InChI is InChI=1S/C11H12N4O5S/c1-3-20-11(17)15(21(2,18)19)14-10(16)8-6-4-5-7-9(8)12-13-14/h4-7H,3H2,1-2H3. The van der Waals surface area contributed by atoms with Crippen LogP contribution in [0.3, 0.4) is 0 Å². The second-order valence-corrected chi connectivity index (χ2v) is 5.82. The fourth-order valence-electron chi connectivity index (χ4n) is 1.63. The molecule has 2 rings (SSSR count). The van der Waals surface area contributed by atoms with Gasteiger partial charge in [0, 0.05) is 0 Å². The van der Waals surface area contributed by atoms with Gasteiger partial charge in [-0.2, -0.15) is 0 Å². The maximum atomic E-state index is 12.3. The molecular weight excluding hydrogens is 300 g/mol. The van der Waals surface area contributed by atoms with E-state index in [0.717, 1.165) is 6.26 Å². The van der Waals surface area contributed by atoms with E-state index < -0.39 is 21.7 Å². The summed E-state index contributed by atoms with van der Waals surface area (Å²) in [6, 6.07) is 6.24. The molecule has 1 amide bonds. The van der Waals surface area contributed by atoms with E-state index in [1.807, 2.05) is 0 Å². The van der Waals surface area contributed by atoms with E-state index in [9.17, 15) is 18.0 Å². The molecule has 0 spiro atoms. The van der Waals surface area contributed by atoms with E-state index in [4.69, 9.17) is 0 Å². The molecule has 1 heterocycles. The Bertz CT molecular complexity index is 845. The van der Waals surface area contributed by atoms with Crippen molar-refractivity contribution in [2.24, 2.45) is 0 Å². The van der Waals surface area contributed by atoms with Crippen molar-refractivity contribution in [1.82, 2.24) is 15.1 Å². The van der Waals surface area contributed by atoms with Crippen LogP contribution in [0.1, 0.15) is 6.92 Å². The van der Waals surface area contributed by atoms with Crippen LogP contribution >= 0.6 is 0 Å². The van der Waals surface area contributed by atoms with Crippen molar-refractivity contribution in [2.75, 3.05) is 17.3 Å². The molecule has 0 unspecified atom stereocenters. The maximum absolute atomic E-state index is 12.3. The summed E-state index contributed by atoms with van der Waals surface area (Å²) in [6.07, 6.45) is -0.473. The van der Waals surface area contributed by atoms with Crippen LogP contribution in [0.4, 0.5) is 4.79 Å². The fourth-order valence-corrected chi connectivity index (χ4v) is 2.34. The number of aromatic nitrogens is 3. The summed E-state index contributed by atoms with van der Waals surface area (Å²) < 4.78 is 28.2. The van der Waals surface area contributed by atoms with E-state index in [-0.39, 0.29) is 21.9 Å². The second kappa shape index (κ2) is 5.48. The number of carbonyl (C=O) groups is 1. The van der Waals surface area contributed by atoms with Gasteiger partial charge in [0.05, 0.1) is 18.2 Å². The first-order valence-electron chi connectivity index (χ1n) is 5.88. The molecule has 0 radical (unpaired) electrons. The van der Waals surface area contributed by atoms with Crippen LogP contribution in [0.5, 0.6) is 0 Å². The third kappa shape index (κ3) is 2.84. The highest BCUT2D eigenvalue weighted by Crippen LogP contribution is 2.05. The molecule has 9 nitrogen and oxygen atoms in total. The molecule has 0 aliphatic heterocycles. The number of sulfonamides is 1. The van der Waals surface area contributed by atoms with Gasteiger partial charge in [-0.05, 0) is 24.3 Å². The number of carbonyl (C=O) groups excluding carboxylic acids is 1. The van der Waals surface area contributed by atoms with Crippen LogP contribution in [0.15, 0.2) is 29.1 Å². The number of hydrogen-bond acceptors (Lipinski definition) is 7. The molecule has 21 heavy (non-hydrogen) atoms. The zero-order chi connectivity index (χ0) is 15.6. The van der Waals surface area contributed by atoms with Crippen LogP contribution < -0.4 is 9.97 Å². The first kappa shape index (κ1) is 14.9. The average molecular weight is 312 g/mol. The zero-order valence-corrected chi connectivity index (χ0v) is 12.1. The maximum Gasteiger partial charge on any atom is 0.445 e. The van der Waals surface area contributed by atoms with Gasteiger partial charge in [0.1, 0.15) is 5.52 Å². The molecule has 0 aliphatic rings. The van der Waals surface area contributed by atoms with Crippen molar-refractivity contribution >= 4 is 27.0 Å². The first-order chi connectivity index (χ1) is 9.86. The molecule has 112 valence electrons. The van der Waals surface area contributed by atoms with E-state index in [2.05, 4.69) is 15.0 Å². The minimum Gasteiger partial charge on any atom is -0.448 e. The molecule has 0 saturated carbocycles. The molecule has 0 bridgehead atoms. The smallest absolute Gasteiger partial charge is 0.445 e. The Balaban J connectivity index is 2.69. The van der Waals surface area contributed by atoms with Crippen LogP contribution in [-0.2, 0) is 14.8 Å². The molecule has 0 fully saturated rings. The second-order valence-electron chi connectivity index (χ2n) is 4.01. The van der Waals surface area contributed by atoms with Crippen LogP contribution in [0.2, 0.25) is 0 Å². The molecule has 0 saturated heterocycles. The lowest BCUT2D eigenvalue weighted by Gasteiger charge is -2.18. The number of nitrogens with zero attached hydrogens (tertiary/aromatic N) is 4. The van der Waals surface area contributed by atoms with Gasteiger partial charge in [-0.25, -0.2) is 13.2 Å². The van der Waals surface area contributed by atoms with Crippen LogP contribution in [0.25, 0.3) is 10.9 Å². The van der Waals surface area contributed by atoms with Gasteiger partial charge in [0.25, 0.3) is 15.6 Å². The molecule has 0 atom stereocenters. The molecule has 2 aromatic rings. The molecule has 0 aliphatic carbocycles. The number of benzene rings is 1. The van der Waals surface area contributed by atoms with E-state index >= 15 is 0 Å². The Kier molecular flexibility index (Phi) is 3.89. The number of amides is 1. The van der Waals surface area contributed by atoms with E-state index in [1.165, 1.54) is 13.0 Å². The number of hydrogen-bond donors (Lipinski definition) is 0. The minimum atomic E-state index is -4.11. The summed E-state index contributed by atoms with van der Waals surface area (Å²) in [4.78, 5) is 24.4. The lowest BCUT2D eigenvalue weighted by molar-refractivity contribution is 0.157. The van der Waals surface area contributed by atoms with Gasteiger partial charge >= 0.3 is 6.09 Å². The fraction of sp³-hybridized carbons (Fsp3) is 0.273. The average Bonchev–Trinajstić information content (AvgIpc) is 2.41. The Hall–Kier alpha value is -2.49. The summed E-state index contributed by atoms with van der Waals surface area (Å²) >= 11 is 0. The Labute approximate surface area is 119 Å². The Morgan fingerprint density at radius 2 is 2.05 bits per heavy atom. The van der Waals surface area contributed by atoms with E-state index in [1.54, 1.807) is 18.2 Å². The van der Waals surface area contributed by atoms with Gasteiger partial charge in [0.2, 0.25) is 0 Å². The molecule has 1 aromatic carbocycles. The number of rotatable bonds is 3. The lowest BCUT2D eigenvalue weighted by Crippen LogP contribution is -2.51. The SMILES string of the molecule is CCOC(=O)N(n1nnc2ccccc2c1=O)S(C)(=O)=O. The quantitative estimate of drug-likeness (QED) is 0.774. The third-order valence-electron chi connectivity index (χ3n) is 2.46. The van der Waals surface area contributed by atoms with E-state index in [0.29, 0.717) is 4.79 Å². The normalized spacial score (nSPS) is 11.3. The Morgan fingerprint density at radius 3 is 2.67 bits per heavy atom. The highest BCUT2D eigenvalue weighted by Gasteiger charge is 2.29. The van der Waals surface area contributed by atoms with Crippen molar-refractivity contribution < 1.29 is 17.9 Å². The van der Waals surface area contributed by atoms with Crippen LogP contribution in [0, 0.1) is 0 Å². The van der Waals surface area contributed by atoms with Gasteiger partial charge in [0.15, 0.2) is 0 Å². The summed E-state index contributed by atoms with van der Waals surface area (Å²) in [7, 11) is -4.11. The Morgan fingerprint density at radius 1 is 1.38 bits per heavy atom. The predicted molar refractivity (Wildman–Crippen MR) is 73.9 cm³/mol. The highest BCUT2D eigenvalue weighted by atomic mass is 32.2. The summed E-state index contributed by atoms with van der Waals surface area (Å²) in [5.41, 5.74) is -0.505. The third-order valence-corrected chi connectivity index (χ3v) is 3.40. The highest BCUT2D eigenvalue weighted by molar-refractivity contribution is 7.92. The summed E-state index contributed by atoms with van der Waals surface area (Å²) in [6.45, 7) is 1.45. The number of ether oxygens (including phenoxy) is 1. The van der Waals surface area contributed by atoms with Crippen molar-refractivity contribution in [3.05, 3.63) is 34.6 Å². The molecule has 0 N–H and O–H groups in total. The van der Waals surface area contributed by atoms with Gasteiger partial charge in [-0.15, -0.1) is 5.10 Å². The summed E-state index contributed by atoms with van der Waals surface area (Å²) in [5, 5.41) is 7.32. The minimum absolute atomic E-state index is 0.0549. The number of fused-ring (bicyclic) bond motifs is 1. The molecule has 10 heteroatoms. The van der Waals surface area contributed by atoms with Crippen LogP contribution in [-0.4, -0.2) is 42.5 Å². The van der Waals surface area contributed by atoms with Gasteiger partial charge in [-0.3, -0.25) is 4.79 Å². The molecular formula is C11H12N4O5S. The lowest BCUT2D eigenvalue weighted by atomic mass is 10.2. The van der Waals surface area contributed by atoms with Gasteiger partial charge < -0.3 is 4.74 Å². The predicted octanol–water partition coefficient (Wildman–Crippen LogP) is -0.154. The molecule has 1 aromatic heterocycles. The van der Waals surface area contributed by atoms with Crippen molar-refractivity contribution in [2.45, 2.75) is 6.92 Å². The van der Waals surface area contributed by atoms with Crippen molar-refractivity contribution in [3.63, 3.8) is 0 Å². The first-order valence-corrected chi connectivity index (χ1v) is 7.73.